The number of rotatable bonds is 6. The molecule has 0 heterocycles. The minimum Gasteiger partial charge on any atom is -0.484 e. The van der Waals surface area contributed by atoms with Crippen molar-refractivity contribution >= 4 is 52.0 Å². The van der Waals surface area contributed by atoms with Crippen LogP contribution in [0.4, 0.5) is 5.69 Å². The van der Waals surface area contributed by atoms with Crippen molar-refractivity contribution < 1.29 is 14.5 Å². The Labute approximate surface area is 155 Å². The van der Waals surface area contributed by atoms with Crippen LogP contribution in [0.3, 0.4) is 0 Å². The number of nitrogens with zero attached hydrogens (tertiary/aromatic N) is 2. The van der Waals surface area contributed by atoms with Gasteiger partial charge < -0.3 is 4.74 Å². The Balaban J connectivity index is 1.87. The highest BCUT2D eigenvalue weighted by Gasteiger charge is 2.11. The number of hydrogen-bond donors (Lipinski definition) is 1. The van der Waals surface area contributed by atoms with Crippen LogP contribution in [0, 0.1) is 13.7 Å². The van der Waals surface area contributed by atoms with Crippen LogP contribution in [-0.4, -0.2) is 23.7 Å². The molecular formula is C15H11ClIN3O4. The largest absolute Gasteiger partial charge is 0.484 e. The van der Waals surface area contributed by atoms with Crippen molar-refractivity contribution in [2.24, 2.45) is 5.10 Å². The number of nitro groups is 1. The van der Waals surface area contributed by atoms with Crippen LogP contribution in [0.15, 0.2) is 47.6 Å². The Morgan fingerprint density at radius 2 is 2.04 bits per heavy atom. The van der Waals surface area contributed by atoms with Crippen LogP contribution in [0.2, 0.25) is 5.02 Å². The molecule has 2 aromatic rings. The number of hydrogen-bond acceptors (Lipinski definition) is 5. The molecule has 1 amide bonds. The number of hydrazone groups is 1. The third kappa shape index (κ3) is 5.46. The zero-order valence-corrected chi connectivity index (χ0v) is 15.0. The first-order valence-electron chi connectivity index (χ1n) is 6.60. The number of halogens is 2. The van der Waals surface area contributed by atoms with Gasteiger partial charge >= 0.3 is 0 Å². The third-order valence-electron chi connectivity index (χ3n) is 2.75. The first kappa shape index (κ1) is 18.1. The van der Waals surface area contributed by atoms with E-state index in [1.807, 2.05) is 12.1 Å². The van der Waals surface area contributed by atoms with Crippen LogP contribution >= 0.6 is 34.2 Å². The molecule has 7 nitrogen and oxygen atoms in total. The molecule has 24 heavy (non-hydrogen) atoms. The molecule has 0 atom stereocenters. The van der Waals surface area contributed by atoms with Crippen molar-refractivity contribution in [2.75, 3.05) is 6.61 Å². The summed E-state index contributed by atoms with van der Waals surface area (Å²) in [6.07, 6.45) is 1.28. The van der Waals surface area contributed by atoms with Gasteiger partial charge in [-0.1, -0.05) is 17.7 Å². The number of nitrogens with one attached hydrogen (secondary N) is 1. The second-order valence-corrected chi connectivity index (χ2v) is 6.16. The lowest BCUT2D eigenvalue weighted by Crippen LogP contribution is -2.24. The zero-order chi connectivity index (χ0) is 17.5. The number of ether oxygens (including phenoxy) is 1. The summed E-state index contributed by atoms with van der Waals surface area (Å²) in [5.74, 6) is 0.121. The molecule has 0 aromatic heterocycles. The Kier molecular flexibility index (Phi) is 6.50. The van der Waals surface area contributed by atoms with Gasteiger partial charge in [0.05, 0.1) is 11.1 Å². The van der Waals surface area contributed by atoms with Crippen LogP contribution in [0.1, 0.15) is 5.56 Å². The summed E-state index contributed by atoms with van der Waals surface area (Å²) in [5.41, 5.74) is 2.48. The molecule has 0 radical (unpaired) electrons. The maximum atomic E-state index is 11.6. The fraction of sp³-hybridized carbons (Fsp3) is 0.0667. The van der Waals surface area contributed by atoms with Crippen molar-refractivity contribution in [1.82, 2.24) is 5.43 Å². The molecule has 2 rings (SSSR count). The van der Waals surface area contributed by atoms with Gasteiger partial charge in [0.25, 0.3) is 11.6 Å². The van der Waals surface area contributed by atoms with E-state index < -0.39 is 10.8 Å². The average Bonchev–Trinajstić information content (AvgIpc) is 2.55. The highest BCUT2D eigenvalue weighted by molar-refractivity contribution is 14.1. The van der Waals surface area contributed by atoms with Gasteiger partial charge in [0, 0.05) is 15.2 Å². The molecule has 0 bridgehead atoms. The SMILES string of the molecule is O=C(COc1ccc(I)cc1)N/N=C/c1ccc(Cl)c([N+](=O)[O-])c1. The van der Waals surface area contributed by atoms with Crippen LogP contribution < -0.4 is 10.2 Å². The van der Waals surface area contributed by atoms with Crippen molar-refractivity contribution in [3.05, 3.63) is 66.7 Å². The summed E-state index contributed by atoms with van der Waals surface area (Å²) >= 11 is 7.88. The van der Waals surface area contributed by atoms with Gasteiger partial charge in [0.1, 0.15) is 10.8 Å². The van der Waals surface area contributed by atoms with E-state index >= 15 is 0 Å². The van der Waals surface area contributed by atoms with Crippen molar-refractivity contribution in [3.63, 3.8) is 0 Å². The molecule has 0 aliphatic carbocycles. The highest BCUT2D eigenvalue weighted by Crippen LogP contribution is 2.24. The number of amides is 1. The van der Waals surface area contributed by atoms with Crippen molar-refractivity contribution in [1.29, 1.82) is 0 Å². The molecule has 2 aromatic carbocycles. The summed E-state index contributed by atoms with van der Waals surface area (Å²) < 4.78 is 6.36. The lowest BCUT2D eigenvalue weighted by molar-refractivity contribution is -0.384. The lowest BCUT2D eigenvalue weighted by Gasteiger charge is -2.04. The number of carbonyl (C=O) groups is 1. The maximum absolute atomic E-state index is 11.6. The van der Waals surface area contributed by atoms with Gasteiger partial charge in [-0.05, 0) is 52.9 Å². The van der Waals surface area contributed by atoms with Crippen LogP contribution in [-0.2, 0) is 4.79 Å². The average molecular weight is 460 g/mol. The van der Waals surface area contributed by atoms with Gasteiger partial charge in [-0.3, -0.25) is 14.9 Å². The Hall–Kier alpha value is -2.20. The van der Waals surface area contributed by atoms with E-state index in [0.717, 1.165) is 3.57 Å². The first-order valence-corrected chi connectivity index (χ1v) is 8.05. The van der Waals surface area contributed by atoms with E-state index in [9.17, 15) is 14.9 Å². The van der Waals surface area contributed by atoms with Gasteiger partial charge in [-0.25, -0.2) is 5.43 Å². The summed E-state index contributed by atoms with van der Waals surface area (Å²) in [7, 11) is 0. The Morgan fingerprint density at radius 1 is 1.33 bits per heavy atom. The summed E-state index contributed by atoms with van der Waals surface area (Å²) in [6.45, 7) is -0.196. The Morgan fingerprint density at radius 3 is 2.71 bits per heavy atom. The molecule has 0 aliphatic rings. The maximum Gasteiger partial charge on any atom is 0.288 e. The highest BCUT2D eigenvalue weighted by atomic mass is 127. The molecule has 0 saturated carbocycles. The standard InChI is InChI=1S/C15H11ClIN3O4/c16-13-6-1-10(7-14(13)20(22)23)8-18-19-15(21)9-24-12-4-2-11(17)3-5-12/h1-8H,9H2,(H,19,21)/b18-8+. The lowest BCUT2D eigenvalue weighted by atomic mass is 10.2. The summed E-state index contributed by atoms with van der Waals surface area (Å²) in [5, 5.41) is 14.5. The fourth-order valence-electron chi connectivity index (χ4n) is 1.64. The molecule has 1 N–H and O–H groups in total. The van der Waals surface area contributed by atoms with E-state index in [0.29, 0.717) is 11.3 Å². The smallest absolute Gasteiger partial charge is 0.288 e. The fourth-order valence-corrected chi connectivity index (χ4v) is 2.19. The zero-order valence-electron chi connectivity index (χ0n) is 12.1. The summed E-state index contributed by atoms with van der Waals surface area (Å²) in [4.78, 5) is 21.8. The molecule has 0 unspecified atom stereocenters. The Bertz CT molecular complexity index is 781. The van der Waals surface area contributed by atoms with Gasteiger partial charge in [0.2, 0.25) is 0 Å². The second kappa shape index (κ2) is 8.60. The number of carbonyl (C=O) groups excluding carboxylic acids is 1. The van der Waals surface area contributed by atoms with Gasteiger partial charge in [0.15, 0.2) is 6.61 Å². The normalized spacial score (nSPS) is 10.6. The van der Waals surface area contributed by atoms with E-state index in [4.69, 9.17) is 16.3 Å². The molecule has 0 fully saturated rings. The van der Waals surface area contributed by atoms with E-state index in [1.54, 1.807) is 18.2 Å². The second-order valence-electron chi connectivity index (χ2n) is 4.50. The van der Waals surface area contributed by atoms with Gasteiger partial charge in [-0.15, -0.1) is 0 Å². The number of benzene rings is 2. The van der Waals surface area contributed by atoms with E-state index in [-0.39, 0.29) is 17.3 Å². The minimum atomic E-state index is -0.590. The van der Waals surface area contributed by atoms with Gasteiger partial charge in [-0.2, -0.15) is 5.10 Å². The predicted molar refractivity (Wildman–Crippen MR) is 98.5 cm³/mol. The predicted octanol–water partition coefficient (Wildman–Crippen LogP) is 3.38. The molecule has 0 aliphatic heterocycles. The summed E-state index contributed by atoms with van der Waals surface area (Å²) in [6, 6.07) is 11.4. The molecule has 0 spiro atoms. The molecule has 9 heteroatoms. The van der Waals surface area contributed by atoms with Crippen LogP contribution in [0.25, 0.3) is 0 Å². The van der Waals surface area contributed by atoms with Crippen molar-refractivity contribution in [3.8, 4) is 5.75 Å². The third-order valence-corrected chi connectivity index (χ3v) is 3.79. The van der Waals surface area contributed by atoms with Crippen LogP contribution in [0.5, 0.6) is 5.75 Å². The van der Waals surface area contributed by atoms with Crippen molar-refractivity contribution in [2.45, 2.75) is 0 Å². The number of nitro benzene ring substituents is 1. The van der Waals surface area contributed by atoms with E-state index in [2.05, 4.69) is 33.1 Å². The van der Waals surface area contributed by atoms with E-state index in [1.165, 1.54) is 18.3 Å². The molecule has 124 valence electrons. The monoisotopic (exact) mass is 459 g/mol. The first-order chi connectivity index (χ1) is 11.5. The molecular weight excluding hydrogens is 449 g/mol. The quantitative estimate of drug-likeness (QED) is 0.310. The minimum absolute atomic E-state index is 0.0344. The topological polar surface area (TPSA) is 93.8 Å². The molecule has 0 saturated heterocycles.